The van der Waals surface area contributed by atoms with Crippen LogP contribution in [0.2, 0.25) is 0 Å². The molecule has 1 saturated carbocycles. The predicted octanol–water partition coefficient (Wildman–Crippen LogP) is 0.0777. The van der Waals surface area contributed by atoms with Gasteiger partial charge in [-0.15, -0.1) is 0 Å². The molecule has 2 atom stereocenters. The molecule has 1 rings (SSSR count). The van der Waals surface area contributed by atoms with Crippen LogP contribution in [0.3, 0.4) is 0 Å². The van der Waals surface area contributed by atoms with Crippen molar-refractivity contribution < 1.29 is 13.6 Å². The Hall–Kier alpha value is -0.860. The van der Waals surface area contributed by atoms with Crippen LogP contribution < -0.4 is 10.5 Å². The summed E-state index contributed by atoms with van der Waals surface area (Å²) in [5, 5.41) is 11.7. The van der Waals surface area contributed by atoms with Crippen LogP contribution in [-0.4, -0.2) is 42.9 Å². The van der Waals surface area contributed by atoms with E-state index in [1.54, 1.807) is 13.8 Å². The minimum Gasteiger partial charge on any atom is -0.409 e. The zero-order valence-corrected chi connectivity index (χ0v) is 11.7. The fourth-order valence-corrected chi connectivity index (χ4v) is 3.85. The van der Waals surface area contributed by atoms with Gasteiger partial charge >= 0.3 is 0 Å². The van der Waals surface area contributed by atoms with Crippen molar-refractivity contribution in [3.8, 4) is 0 Å². The lowest BCUT2D eigenvalue weighted by atomic mass is 10.0. The molecule has 0 radical (unpaired) electrons. The van der Waals surface area contributed by atoms with Crippen LogP contribution in [0.4, 0.5) is 0 Å². The van der Waals surface area contributed by atoms with Crippen molar-refractivity contribution >= 4 is 16.0 Å². The molecule has 0 bridgehead atoms. The molecule has 0 heterocycles. The maximum absolute atomic E-state index is 12.1. The maximum Gasteiger partial charge on any atom is 0.279 e. The zero-order chi connectivity index (χ0) is 13.8. The summed E-state index contributed by atoms with van der Waals surface area (Å²) in [6.07, 6.45) is 2.31. The third kappa shape index (κ3) is 3.33. The van der Waals surface area contributed by atoms with Gasteiger partial charge in [-0.3, -0.25) is 0 Å². The van der Waals surface area contributed by atoms with E-state index in [0.29, 0.717) is 19.5 Å². The number of nitrogens with one attached hydrogen (secondary N) is 1. The number of hydrogen-bond acceptors (Lipinski definition) is 4. The Morgan fingerprint density at radius 3 is 2.56 bits per heavy atom. The number of nitrogens with two attached hydrogens (primary N) is 1. The number of oxime groups is 1. The summed E-state index contributed by atoms with van der Waals surface area (Å²) < 4.78 is 28.2. The Balaban J connectivity index is 2.77. The fraction of sp³-hybridized carbons (Fsp3) is 0.900. The highest BCUT2D eigenvalue weighted by atomic mass is 32.2. The van der Waals surface area contributed by atoms with Gasteiger partial charge in [-0.2, -0.15) is 17.4 Å². The van der Waals surface area contributed by atoms with Crippen LogP contribution in [0.5, 0.6) is 0 Å². The third-order valence-corrected chi connectivity index (χ3v) is 5.15. The van der Waals surface area contributed by atoms with Crippen molar-refractivity contribution in [3.05, 3.63) is 0 Å². The topological polar surface area (TPSA) is 108 Å². The van der Waals surface area contributed by atoms with Crippen molar-refractivity contribution in [2.75, 3.05) is 13.1 Å². The Morgan fingerprint density at radius 1 is 1.44 bits per heavy atom. The molecule has 0 aromatic rings. The van der Waals surface area contributed by atoms with Crippen LogP contribution in [0, 0.1) is 5.92 Å². The molecule has 1 aliphatic rings. The van der Waals surface area contributed by atoms with E-state index in [9.17, 15) is 8.42 Å². The smallest absolute Gasteiger partial charge is 0.279 e. The average Bonchev–Trinajstić information content (AvgIpc) is 2.76. The molecule has 0 aliphatic heterocycles. The summed E-state index contributed by atoms with van der Waals surface area (Å²) in [5.41, 5.74) is 5.58. The van der Waals surface area contributed by atoms with Crippen molar-refractivity contribution in [2.24, 2.45) is 16.8 Å². The minimum atomic E-state index is -3.49. The predicted molar refractivity (Wildman–Crippen MR) is 69.5 cm³/mol. The van der Waals surface area contributed by atoms with Gasteiger partial charge in [-0.05, 0) is 12.8 Å². The molecule has 4 N–H and O–H groups in total. The van der Waals surface area contributed by atoms with Gasteiger partial charge in [0.2, 0.25) is 0 Å². The molecular formula is C10H22N4O3S. The number of hydrogen-bond donors (Lipinski definition) is 3. The molecule has 1 fully saturated rings. The molecule has 0 saturated heterocycles. The number of nitrogens with zero attached hydrogens (tertiary/aromatic N) is 2. The largest absolute Gasteiger partial charge is 0.409 e. The second kappa shape index (κ2) is 6.35. The summed E-state index contributed by atoms with van der Waals surface area (Å²) >= 11 is 0. The normalized spacial score (nSPS) is 25.8. The first kappa shape index (κ1) is 15.2. The Morgan fingerprint density at radius 2 is 2.06 bits per heavy atom. The average molecular weight is 278 g/mol. The SMILES string of the molecule is CCN(CC)S(=O)(=O)NC1CCCC1C(N)=NO. The standard InChI is InChI=1S/C10H22N4O3S/c1-3-14(4-2)18(16,17)13-9-7-5-6-8(9)10(11)12-15/h8-9,13,15H,3-7H2,1-2H3,(H2,11,12). The first-order valence-corrected chi connectivity index (χ1v) is 7.65. The van der Waals surface area contributed by atoms with Gasteiger partial charge in [0.05, 0.1) is 0 Å². The van der Waals surface area contributed by atoms with E-state index in [0.717, 1.165) is 12.8 Å². The molecule has 18 heavy (non-hydrogen) atoms. The molecular weight excluding hydrogens is 256 g/mol. The van der Waals surface area contributed by atoms with E-state index in [2.05, 4.69) is 9.88 Å². The number of rotatable bonds is 6. The van der Waals surface area contributed by atoms with Gasteiger partial charge in [0.15, 0.2) is 0 Å². The van der Waals surface area contributed by atoms with E-state index in [4.69, 9.17) is 10.9 Å². The van der Waals surface area contributed by atoms with Crippen molar-refractivity contribution in [2.45, 2.75) is 39.2 Å². The third-order valence-electron chi connectivity index (χ3n) is 3.36. The lowest BCUT2D eigenvalue weighted by Gasteiger charge is -2.24. The molecule has 106 valence electrons. The first-order valence-electron chi connectivity index (χ1n) is 6.21. The molecule has 0 amide bonds. The van der Waals surface area contributed by atoms with Crippen molar-refractivity contribution in [1.82, 2.24) is 9.03 Å². The van der Waals surface area contributed by atoms with Crippen LogP contribution in [0.15, 0.2) is 5.16 Å². The molecule has 0 aromatic carbocycles. The quantitative estimate of drug-likeness (QED) is 0.277. The summed E-state index contributed by atoms with van der Waals surface area (Å²) in [6.45, 7) is 4.43. The Labute approximate surface area is 108 Å². The summed E-state index contributed by atoms with van der Waals surface area (Å²) in [4.78, 5) is 0. The highest BCUT2D eigenvalue weighted by Crippen LogP contribution is 2.26. The van der Waals surface area contributed by atoms with Crippen LogP contribution in [-0.2, 0) is 10.2 Å². The van der Waals surface area contributed by atoms with Crippen molar-refractivity contribution in [1.29, 1.82) is 0 Å². The van der Waals surface area contributed by atoms with Gasteiger partial charge in [-0.25, -0.2) is 0 Å². The van der Waals surface area contributed by atoms with Crippen LogP contribution in [0.1, 0.15) is 33.1 Å². The Kier molecular flexibility index (Phi) is 5.36. The molecule has 7 nitrogen and oxygen atoms in total. The van der Waals surface area contributed by atoms with E-state index in [1.165, 1.54) is 4.31 Å². The van der Waals surface area contributed by atoms with Gasteiger partial charge in [0.25, 0.3) is 10.2 Å². The van der Waals surface area contributed by atoms with E-state index in [1.807, 2.05) is 0 Å². The maximum atomic E-state index is 12.1. The lowest BCUT2D eigenvalue weighted by Crippen LogP contribution is -2.48. The van der Waals surface area contributed by atoms with Gasteiger partial charge in [0, 0.05) is 25.0 Å². The fourth-order valence-electron chi connectivity index (χ4n) is 2.36. The van der Waals surface area contributed by atoms with Crippen LogP contribution in [0.25, 0.3) is 0 Å². The molecule has 0 spiro atoms. The molecule has 0 aromatic heterocycles. The second-order valence-corrected chi connectivity index (χ2v) is 6.08. The zero-order valence-electron chi connectivity index (χ0n) is 10.8. The van der Waals surface area contributed by atoms with E-state index in [-0.39, 0.29) is 17.8 Å². The lowest BCUT2D eigenvalue weighted by molar-refractivity contribution is 0.312. The van der Waals surface area contributed by atoms with Gasteiger partial charge in [-0.1, -0.05) is 25.4 Å². The summed E-state index contributed by atoms with van der Waals surface area (Å²) in [6, 6.07) is -0.286. The monoisotopic (exact) mass is 278 g/mol. The van der Waals surface area contributed by atoms with Crippen LogP contribution >= 0.6 is 0 Å². The number of amidine groups is 1. The van der Waals surface area contributed by atoms with Gasteiger partial charge in [0.1, 0.15) is 5.84 Å². The summed E-state index contributed by atoms with van der Waals surface area (Å²) in [7, 11) is -3.49. The van der Waals surface area contributed by atoms with E-state index < -0.39 is 10.2 Å². The first-order chi connectivity index (χ1) is 8.46. The van der Waals surface area contributed by atoms with E-state index >= 15 is 0 Å². The Bertz CT molecular complexity index is 392. The van der Waals surface area contributed by atoms with Crippen molar-refractivity contribution in [3.63, 3.8) is 0 Å². The summed E-state index contributed by atoms with van der Waals surface area (Å²) in [5.74, 6) is -0.125. The highest BCUT2D eigenvalue weighted by molar-refractivity contribution is 7.87. The molecule has 1 aliphatic carbocycles. The van der Waals surface area contributed by atoms with Gasteiger partial charge < -0.3 is 10.9 Å². The minimum absolute atomic E-state index is 0.0970. The molecule has 2 unspecified atom stereocenters. The second-order valence-electron chi connectivity index (χ2n) is 4.38. The molecule has 8 heteroatoms. The highest BCUT2D eigenvalue weighted by Gasteiger charge is 2.34.